The number of amides is 1. The summed E-state index contributed by atoms with van der Waals surface area (Å²) >= 11 is 0. The number of hydrogen-bond donors (Lipinski definition) is 2. The highest BCUT2D eigenvalue weighted by atomic mass is 16.4. The van der Waals surface area contributed by atoms with E-state index in [1.54, 1.807) is 0 Å². The molecule has 0 bridgehead atoms. The number of likely N-dealkylation sites (N-methyl/N-ethyl adjacent to an activating group) is 2. The predicted molar refractivity (Wildman–Crippen MR) is 168 cm³/mol. The molecule has 1 amide bonds. The number of benzene rings is 2. The van der Waals surface area contributed by atoms with Gasteiger partial charge in [0.25, 0.3) is 5.91 Å². The summed E-state index contributed by atoms with van der Waals surface area (Å²) in [5.41, 5.74) is 7.13. The van der Waals surface area contributed by atoms with Crippen molar-refractivity contribution in [2.75, 3.05) is 46.8 Å². The molecule has 2 aromatic heterocycles. The minimum absolute atomic E-state index is 0.131. The summed E-state index contributed by atoms with van der Waals surface area (Å²) in [4.78, 5) is 42.3. The molecule has 2 aromatic carbocycles. The Labute approximate surface area is 248 Å². The topological polar surface area (TPSA) is 106 Å². The molecule has 5 rings (SSSR count). The summed E-state index contributed by atoms with van der Waals surface area (Å²) in [6.07, 6.45) is 6.04. The number of rotatable bonds is 10. The molecule has 1 saturated heterocycles. The van der Waals surface area contributed by atoms with Crippen molar-refractivity contribution in [3.8, 4) is 0 Å². The van der Waals surface area contributed by atoms with Gasteiger partial charge in [0.1, 0.15) is 0 Å². The zero-order valence-electron chi connectivity index (χ0n) is 25.4. The van der Waals surface area contributed by atoms with Gasteiger partial charge in [-0.05, 0) is 69.8 Å². The number of fused-ring (bicyclic) bond motifs is 2. The van der Waals surface area contributed by atoms with E-state index in [2.05, 4.69) is 53.8 Å². The molecule has 4 aromatic rings. The second-order valence-corrected chi connectivity index (χ2v) is 11.3. The molecule has 9 heteroatoms. The van der Waals surface area contributed by atoms with Gasteiger partial charge in [-0.2, -0.15) is 0 Å². The molecule has 0 aliphatic carbocycles. The van der Waals surface area contributed by atoms with Gasteiger partial charge in [0.15, 0.2) is 0 Å². The fourth-order valence-corrected chi connectivity index (χ4v) is 5.29. The summed E-state index contributed by atoms with van der Waals surface area (Å²) in [6.45, 7) is 9.23. The number of piperazine rings is 1. The van der Waals surface area contributed by atoms with Gasteiger partial charge in [-0.15, -0.1) is 0 Å². The van der Waals surface area contributed by atoms with E-state index in [1.165, 1.54) is 5.56 Å². The van der Waals surface area contributed by atoms with Crippen LogP contribution in [0.4, 0.5) is 0 Å². The maximum absolute atomic E-state index is 13.1. The van der Waals surface area contributed by atoms with E-state index in [4.69, 9.17) is 10.1 Å². The summed E-state index contributed by atoms with van der Waals surface area (Å²) in [7, 11) is 4.22. The van der Waals surface area contributed by atoms with Gasteiger partial charge < -0.3 is 24.8 Å². The van der Waals surface area contributed by atoms with Gasteiger partial charge in [0.2, 0.25) is 0 Å². The second kappa shape index (κ2) is 14.9. The summed E-state index contributed by atoms with van der Waals surface area (Å²) in [5.74, 6) is -0.551. The Bertz CT molecular complexity index is 1490. The van der Waals surface area contributed by atoms with Crippen molar-refractivity contribution < 1.29 is 14.7 Å². The molecular formula is C33H44N6O3. The third kappa shape index (κ3) is 8.36. The van der Waals surface area contributed by atoms with Crippen LogP contribution in [0.25, 0.3) is 21.9 Å². The Morgan fingerprint density at radius 2 is 1.79 bits per heavy atom. The molecule has 9 nitrogen and oxygen atoms in total. The number of aliphatic carboxylic acids is 1. The van der Waals surface area contributed by atoms with E-state index in [0.29, 0.717) is 6.42 Å². The van der Waals surface area contributed by atoms with Crippen molar-refractivity contribution in [1.29, 1.82) is 0 Å². The molecule has 0 spiro atoms. The highest BCUT2D eigenvalue weighted by Gasteiger charge is 2.21. The number of para-hydroxylation sites is 2. The summed E-state index contributed by atoms with van der Waals surface area (Å²) < 4.78 is 0. The first-order valence-corrected chi connectivity index (χ1v) is 14.9. The molecule has 0 saturated carbocycles. The average Bonchev–Trinajstić information content (AvgIpc) is 3.30. The van der Waals surface area contributed by atoms with Crippen LogP contribution in [0, 0.1) is 6.92 Å². The predicted octanol–water partition coefficient (Wildman–Crippen LogP) is 5.13. The zero-order chi connectivity index (χ0) is 30.1. The minimum Gasteiger partial charge on any atom is -0.481 e. The quantitative estimate of drug-likeness (QED) is 0.254. The monoisotopic (exact) mass is 572 g/mol. The zero-order valence-corrected chi connectivity index (χ0v) is 25.4. The van der Waals surface area contributed by atoms with Gasteiger partial charge >= 0.3 is 5.97 Å². The maximum atomic E-state index is 13.1. The lowest BCUT2D eigenvalue weighted by atomic mass is 10.0. The van der Waals surface area contributed by atoms with Crippen molar-refractivity contribution in [3.63, 3.8) is 0 Å². The Balaban J connectivity index is 0.000000446. The first-order valence-electron chi connectivity index (χ1n) is 14.9. The van der Waals surface area contributed by atoms with Crippen LogP contribution in [0.5, 0.6) is 0 Å². The van der Waals surface area contributed by atoms with Crippen LogP contribution >= 0.6 is 0 Å². The number of carbonyl (C=O) groups excluding carboxylic acids is 1. The number of carbonyl (C=O) groups is 2. The number of carboxylic acid groups (broad SMARTS) is 1. The molecule has 224 valence electrons. The van der Waals surface area contributed by atoms with E-state index >= 15 is 0 Å². The summed E-state index contributed by atoms with van der Waals surface area (Å²) in [6, 6.07) is 14.0. The third-order valence-corrected chi connectivity index (χ3v) is 7.83. The summed E-state index contributed by atoms with van der Waals surface area (Å²) in [5, 5.41) is 9.29. The van der Waals surface area contributed by atoms with E-state index in [0.717, 1.165) is 104 Å². The Morgan fingerprint density at radius 3 is 2.50 bits per heavy atom. The lowest BCUT2D eigenvalue weighted by Gasteiger charge is -2.32. The van der Waals surface area contributed by atoms with Crippen LogP contribution in [0.15, 0.2) is 48.7 Å². The molecule has 0 atom stereocenters. The van der Waals surface area contributed by atoms with Crippen molar-refractivity contribution >= 4 is 33.8 Å². The van der Waals surface area contributed by atoms with Crippen LogP contribution in [0.2, 0.25) is 0 Å². The lowest BCUT2D eigenvalue weighted by molar-refractivity contribution is -0.137. The molecule has 1 aliphatic rings. The Morgan fingerprint density at radius 1 is 1.05 bits per heavy atom. The van der Waals surface area contributed by atoms with Crippen LogP contribution in [0.3, 0.4) is 0 Å². The molecule has 1 aliphatic heterocycles. The highest BCUT2D eigenvalue weighted by molar-refractivity contribution is 5.99. The average molecular weight is 573 g/mol. The van der Waals surface area contributed by atoms with E-state index < -0.39 is 5.97 Å². The normalized spacial score (nSPS) is 13.9. The molecule has 0 radical (unpaired) electrons. The van der Waals surface area contributed by atoms with Gasteiger partial charge in [-0.25, -0.2) is 4.98 Å². The van der Waals surface area contributed by atoms with Gasteiger partial charge in [0, 0.05) is 67.8 Å². The molecule has 42 heavy (non-hydrogen) atoms. The largest absolute Gasteiger partial charge is 0.481 e. The van der Waals surface area contributed by atoms with E-state index in [1.807, 2.05) is 47.5 Å². The van der Waals surface area contributed by atoms with Crippen molar-refractivity contribution in [2.45, 2.75) is 52.5 Å². The van der Waals surface area contributed by atoms with Crippen molar-refractivity contribution in [1.82, 2.24) is 29.7 Å². The van der Waals surface area contributed by atoms with Crippen LogP contribution < -0.4 is 0 Å². The number of aromatic nitrogens is 3. The standard InChI is InChI=1S/C27H32N6O.C6H12O2/c1-19-22(10-11-32(3)18-21-17-28-25-6-4-5-7-26(25)30-21)23-16-20(8-9-24(23)29-19)27(34)33-14-12-31(2)13-15-33;1-2-3-4-5-6(7)8/h4-9,16-17,29H,10-15,18H2,1-3H3;2-5H2,1H3,(H,7,8). The van der Waals surface area contributed by atoms with Gasteiger partial charge in [0.05, 0.1) is 22.9 Å². The number of hydrogen-bond acceptors (Lipinski definition) is 6. The van der Waals surface area contributed by atoms with E-state index in [9.17, 15) is 9.59 Å². The first kappa shape index (κ1) is 31.1. The molecule has 1 fully saturated rings. The third-order valence-electron chi connectivity index (χ3n) is 7.83. The van der Waals surface area contributed by atoms with Gasteiger partial charge in [-0.3, -0.25) is 14.6 Å². The fraction of sp³-hybridized carbons (Fsp3) is 0.455. The Kier molecular flexibility index (Phi) is 11.0. The molecule has 2 N–H and O–H groups in total. The smallest absolute Gasteiger partial charge is 0.303 e. The van der Waals surface area contributed by atoms with Gasteiger partial charge in [-0.1, -0.05) is 31.9 Å². The number of aromatic amines is 1. The van der Waals surface area contributed by atoms with E-state index in [-0.39, 0.29) is 5.91 Å². The number of aryl methyl sites for hydroxylation is 1. The molecule has 3 heterocycles. The van der Waals surface area contributed by atoms with Crippen LogP contribution in [-0.4, -0.2) is 93.5 Å². The number of carboxylic acids is 1. The molecular weight excluding hydrogens is 528 g/mol. The number of H-pyrrole nitrogens is 1. The number of nitrogens with zero attached hydrogens (tertiary/aromatic N) is 5. The fourth-order valence-electron chi connectivity index (χ4n) is 5.29. The van der Waals surface area contributed by atoms with Crippen LogP contribution in [0.1, 0.15) is 59.9 Å². The van der Waals surface area contributed by atoms with Crippen molar-refractivity contribution in [2.24, 2.45) is 0 Å². The Hall–Kier alpha value is -3.82. The number of unbranched alkanes of at least 4 members (excludes halogenated alkanes) is 2. The van der Waals surface area contributed by atoms with Crippen molar-refractivity contribution in [3.05, 3.63) is 71.2 Å². The number of nitrogens with one attached hydrogen (secondary N) is 1. The minimum atomic E-state index is -0.682. The molecule has 0 unspecified atom stereocenters. The first-order chi connectivity index (χ1) is 20.2. The maximum Gasteiger partial charge on any atom is 0.303 e. The second-order valence-electron chi connectivity index (χ2n) is 11.3. The lowest BCUT2D eigenvalue weighted by Crippen LogP contribution is -2.47. The van der Waals surface area contributed by atoms with Crippen LogP contribution in [-0.2, 0) is 17.8 Å². The SMILES string of the molecule is CCCCCC(=O)O.Cc1[nH]c2ccc(C(=O)N3CCN(C)CC3)cc2c1CCN(C)Cc1cnc2ccccc2n1. The highest BCUT2D eigenvalue weighted by Crippen LogP contribution is 2.25.